The van der Waals surface area contributed by atoms with Gasteiger partial charge in [0, 0.05) is 29.7 Å². The number of ether oxygens (including phenoxy) is 2. The first-order valence-electron chi connectivity index (χ1n) is 10.9. The van der Waals surface area contributed by atoms with Crippen LogP contribution in [-0.4, -0.2) is 31.2 Å². The van der Waals surface area contributed by atoms with Crippen molar-refractivity contribution in [2.75, 3.05) is 20.8 Å². The monoisotopic (exact) mass is 443 g/mol. The fourth-order valence-corrected chi connectivity index (χ4v) is 4.02. The molecule has 4 rings (SSSR count). The van der Waals surface area contributed by atoms with Gasteiger partial charge >= 0.3 is 0 Å². The van der Waals surface area contributed by atoms with E-state index in [0.717, 1.165) is 39.1 Å². The summed E-state index contributed by atoms with van der Waals surface area (Å²) in [4.78, 5) is 12.1. The molecule has 1 aromatic heterocycles. The van der Waals surface area contributed by atoms with Gasteiger partial charge in [-0.25, -0.2) is 0 Å². The third-order valence-corrected chi connectivity index (χ3v) is 5.91. The van der Waals surface area contributed by atoms with Crippen LogP contribution in [0.1, 0.15) is 28.9 Å². The van der Waals surface area contributed by atoms with E-state index in [-0.39, 0.29) is 18.5 Å². The minimum atomic E-state index is -0.131. The molecule has 0 saturated carbocycles. The van der Waals surface area contributed by atoms with E-state index in [0.29, 0.717) is 6.54 Å². The number of hydrogen-bond donors (Lipinski definition) is 2. The molecule has 1 heterocycles. The lowest BCUT2D eigenvalue weighted by Crippen LogP contribution is -2.19. The van der Waals surface area contributed by atoms with E-state index in [1.807, 2.05) is 42.5 Å². The van der Waals surface area contributed by atoms with E-state index in [1.165, 1.54) is 5.56 Å². The van der Waals surface area contributed by atoms with E-state index in [2.05, 4.69) is 36.5 Å². The summed E-state index contributed by atoms with van der Waals surface area (Å²) < 4.78 is 12.6. The topological polar surface area (TPSA) is 78.5 Å². The van der Waals surface area contributed by atoms with Gasteiger partial charge in [0.05, 0.1) is 26.3 Å². The zero-order valence-electron chi connectivity index (χ0n) is 19.2. The van der Waals surface area contributed by atoms with Crippen molar-refractivity contribution in [3.8, 4) is 22.6 Å². The van der Waals surface area contributed by atoms with Crippen LogP contribution in [0.4, 0.5) is 0 Å². The average Bonchev–Trinajstić information content (AvgIpc) is 3.30. The molecule has 0 saturated heterocycles. The van der Waals surface area contributed by atoms with Crippen molar-refractivity contribution in [3.05, 3.63) is 84.1 Å². The highest BCUT2D eigenvalue weighted by molar-refractivity contribution is 5.95. The summed E-state index contributed by atoms with van der Waals surface area (Å²) in [5.41, 5.74) is 10.7. The van der Waals surface area contributed by atoms with Crippen LogP contribution >= 0.6 is 0 Å². The molecule has 0 unspecified atom stereocenters. The molecular weight excluding hydrogens is 414 g/mol. The van der Waals surface area contributed by atoms with Crippen molar-refractivity contribution in [3.63, 3.8) is 0 Å². The molecule has 0 aliphatic heterocycles. The predicted molar refractivity (Wildman–Crippen MR) is 132 cm³/mol. The van der Waals surface area contributed by atoms with Gasteiger partial charge in [-0.1, -0.05) is 24.3 Å². The van der Waals surface area contributed by atoms with Crippen molar-refractivity contribution in [2.24, 2.45) is 5.73 Å². The van der Waals surface area contributed by atoms with Crippen molar-refractivity contribution in [2.45, 2.75) is 19.5 Å². The zero-order chi connectivity index (χ0) is 23.4. The first kappa shape index (κ1) is 22.6. The number of nitrogens with zero attached hydrogens (tertiary/aromatic N) is 1. The molecule has 6 heteroatoms. The second-order valence-electron chi connectivity index (χ2n) is 7.97. The van der Waals surface area contributed by atoms with Gasteiger partial charge in [-0.3, -0.25) is 9.36 Å². The fraction of sp³-hybridized carbons (Fsp3) is 0.222. The summed E-state index contributed by atoms with van der Waals surface area (Å²) in [6.07, 6.45) is 1.77. The Bertz CT molecular complexity index is 1280. The minimum Gasteiger partial charge on any atom is -0.497 e. The molecule has 0 aliphatic rings. The molecule has 0 aliphatic carbocycles. The van der Waals surface area contributed by atoms with Crippen molar-refractivity contribution < 1.29 is 14.3 Å². The van der Waals surface area contributed by atoms with Crippen LogP contribution in [0, 0.1) is 0 Å². The molecule has 170 valence electrons. The second kappa shape index (κ2) is 9.90. The first-order valence-corrected chi connectivity index (χ1v) is 10.9. The average molecular weight is 444 g/mol. The highest BCUT2D eigenvalue weighted by Gasteiger charge is 2.12. The lowest BCUT2D eigenvalue weighted by atomic mass is 10.00. The normalized spacial score (nSPS) is 12.0. The van der Waals surface area contributed by atoms with E-state index < -0.39 is 0 Å². The Morgan fingerprint density at radius 1 is 1.03 bits per heavy atom. The summed E-state index contributed by atoms with van der Waals surface area (Å²) >= 11 is 0. The van der Waals surface area contributed by atoms with Crippen LogP contribution in [0.5, 0.6) is 11.5 Å². The number of carbonyl (C=O) groups is 1. The Morgan fingerprint density at radius 2 is 1.88 bits per heavy atom. The van der Waals surface area contributed by atoms with Crippen LogP contribution < -0.4 is 20.5 Å². The number of nitrogens with two attached hydrogens (primary N) is 1. The molecule has 6 nitrogen and oxygen atoms in total. The van der Waals surface area contributed by atoms with Crippen LogP contribution in [0.25, 0.3) is 22.0 Å². The number of nitrogens with one attached hydrogen (secondary N) is 1. The number of methoxy groups -OCH3 is 2. The van der Waals surface area contributed by atoms with E-state index in [4.69, 9.17) is 15.2 Å². The fourth-order valence-electron chi connectivity index (χ4n) is 4.02. The first-order chi connectivity index (χ1) is 16.0. The van der Waals surface area contributed by atoms with Crippen LogP contribution in [0.3, 0.4) is 0 Å². The maximum Gasteiger partial charge on any atom is 0.244 e. The SMILES string of the molecule is COc1cccc([C@@H](C)NCc2ccc(OC)c(-c3ccc4c(ccn4C(=O)CN)c3)c2)c1. The van der Waals surface area contributed by atoms with Gasteiger partial charge in [0.2, 0.25) is 5.91 Å². The molecule has 1 atom stereocenters. The van der Waals surface area contributed by atoms with Gasteiger partial charge in [0.25, 0.3) is 0 Å². The Hall–Kier alpha value is -3.61. The van der Waals surface area contributed by atoms with Crippen molar-refractivity contribution >= 4 is 16.8 Å². The number of carbonyl (C=O) groups excluding carboxylic acids is 1. The lowest BCUT2D eigenvalue weighted by Gasteiger charge is -2.17. The highest BCUT2D eigenvalue weighted by atomic mass is 16.5. The van der Waals surface area contributed by atoms with E-state index in [9.17, 15) is 4.79 Å². The van der Waals surface area contributed by atoms with Gasteiger partial charge in [0.1, 0.15) is 11.5 Å². The standard InChI is InChI=1S/C27H29N3O3/c1-18(20-5-4-6-23(15-20)32-2)29-17-19-7-10-26(33-3)24(13-19)21-8-9-25-22(14-21)11-12-30(25)27(31)16-28/h4-15,18,29H,16-17,28H2,1-3H3/t18-/m1/s1. The quantitative estimate of drug-likeness (QED) is 0.410. The predicted octanol–water partition coefficient (Wildman–Crippen LogP) is 4.78. The smallest absolute Gasteiger partial charge is 0.244 e. The number of aromatic nitrogens is 1. The molecule has 33 heavy (non-hydrogen) atoms. The van der Waals surface area contributed by atoms with E-state index in [1.54, 1.807) is 25.0 Å². The Kier molecular flexibility index (Phi) is 6.77. The molecule has 0 fully saturated rings. The lowest BCUT2D eigenvalue weighted by molar-refractivity contribution is 0.0928. The maximum atomic E-state index is 12.1. The molecule has 0 spiro atoms. The van der Waals surface area contributed by atoms with Crippen LogP contribution in [0.15, 0.2) is 72.9 Å². The third kappa shape index (κ3) is 4.77. The summed E-state index contributed by atoms with van der Waals surface area (Å²) in [6.45, 7) is 2.82. The molecule has 3 aromatic carbocycles. The summed E-state index contributed by atoms with van der Waals surface area (Å²) in [5, 5.41) is 4.56. The number of benzene rings is 3. The van der Waals surface area contributed by atoms with Gasteiger partial charge < -0.3 is 20.5 Å². The van der Waals surface area contributed by atoms with Crippen LogP contribution in [-0.2, 0) is 6.54 Å². The van der Waals surface area contributed by atoms with Gasteiger partial charge in [0.15, 0.2) is 0 Å². The zero-order valence-corrected chi connectivity index (χ0v) is 19.2. The number of hydrogen-bond acceptors (Lipinski definition) is 5. The van der Waals surface area contributed by atoms with E-state index >= 15 is 0 Å². The highest BCUT2D eigenvalue weighted by Crippen LogP contribution is 2.33. The molecule has 0 amide bonds. The number of rotatable bonds is 8. The summed E-state index contributed by atoms with van der Waals surface area (Å²) in [6, 6.07) is 22.4. The van der Waals surface area contributed by atoms with Gasteiger partial charge in [-0.05, 0) is 66.1 Å². The Morgan fingerprint density at radius 3 is 2.64 bits per heavy atom. The molecule has 0 radical (unpaired) electrons. The molecule has 0 bridgehead atoms. The summed E-state index contributed by atoms with van der Waals surface area (Å²) in [7, 11) is 3.36. The van der Waals surface area contributed by atoms with Crippen LogP contribution in [0.2, 0.25) is 0 Å². The molecule has 4 aromatic rings. The Balaban J connectivity index is 1.58. The van der Waals surface area contributed by atoms with Gasteiger partial charge in [-0.15, -0.1) is 0 Å². The van der Waals surface area contributed by atoms with Crippen molar-refractivity contribution in [1.29, 1.82) is 0 Å². The summed E-state index contributed by atoms with van der Waals surface area (Å²) in [5.74, 6) is 1.52. The largest absolute Gasteiger partial charge is 0.497 e. The minimum absolute atomic E-state index is 0.0252. The third-order valence-electron chi connectivity index (χ3n) is 5.91. The number of fused-ring (bicyclic) bond motifs is 1. The Labute approximate surface area is 193 Å². The maximum absolute atomic E-state index is 12.1. The van der Waals surface area contributed by atoms with Gasteiger partial charge in [-0.2, -0.15) is 0 Å². The second-order valence-corrected chi connectivity index (χ2v) is 7.97. The molecule has 3 N–H and O–H groups in total. The van der Waals surface area contributed by atoms with Crippen molar-refractivity contribution in [1.82, 2.24) is 9.88 Å². The molecular formula is C27H29N3O3.